The number of anilines is 1. The smallest absolute Gasteiger partial charge is 0.139 e. The lowest BCUT2D eigenvalue weighted by Gasteiger charge is -2.50. The van der Waals surface area contributed by atoms with Crippen LogP contribution in [0.1, 0.15) is 30.9 Å². The first-order valence-electron chi connectivity index (χ1n) is 6.95. The molecule has 2 aliphatic heterocycles. The lowest BCUT2D eigenvalue weighted by atomic mass is 9.71. The van der Waals surface area contributed by atoms with E-state index in [9.17, 15) is 9.90 Å². The molecule has 0 radical (unpaired) electrons. The van der Waals surface area contributed by atoms with Crippen LogP contribution in [0.4, 0.5) is 5.69 Å². The summed E-state index contributed by atoms with van der Waals surface area (Å²) in [6.07, 6.45) is 2.69. The van der Waals surface area contributed by atoms with Gasteiger partial charge in [0.1, 0.15) is 5.78 Å². The normalized spacial score (nSPS) is 30.8. The molecule has 1 aromatic rings. The van der Waals surface area contributed by atoms with E-state index in [4.69, 9.17) is 5.73 Å². The van der Waals surface area contributed by atoms with Gasteiger partial charge in [0.05, 0.1) is 6.61 Å². The fourth-order valence-electron chi connectivity index (χ4n) is 3.65. The minimum Gasteiger partial charge on any atom is -0.399 e. The summed E-state index contributed by atoms with van der Waals surface area (Å²) in [6.45, 7) is 0.784. The van der Waals surface area contributed by atoms with Gasteiger partial charge in [0.25, 0.3) is 0 Å². The number of carbonyl (C=O) groups excluding carboxylic acids is 1. The molecular formula is C15H20N2O2. The molecular weight excluding hydrogens is 240 g/mol. The molecule has 4 rings (SSSR count). The van der Waals surface area contributed by atoms with Gasteiger partial charge in [0.15, 0.2) is 0 Å². The third-order valence-corrected chi connectivity index (χ3v) is 4.50. The number of aliphatic hydroxyl groups excluding tert-OH is 1. The fraction of sp³-hybridized carbons (Fsp3) is 0.533. The first kappa shape index (κ1) is 12.6. The van der Waals surface area contributed by atoms with Crippen molar-refractivity contribution in [2.45, 2.75) is 31.3 Å². The van der Waals surface area contributed by atoms with Crippen LogP contribution in [0.5, 0.6) is 0 Å². The SMILES string of the molecule is Nc1ccc(C2C3CCC(CC3=O)N2CCO)cc1. The lowest BCUT2D eigenvalue weighted by molar-refractivity contribution is -0.138. The molecule has 102 valence electrons. The highest BCUT2D eigenvalue weighted by Gasteiger charge is 2.46. The van der Waals surface area contributed by atoms with Gasteiger partial charge in [-0.15, -0.1) is 0 Å². The van der Waals surface area contributed by atoms with Crippen molar-refractivity contribution < 1.29 is 9.90 Å². The maximum absolute atomic E-state index is 12.1. The summed E-state index contributed by atoms with van der Waals surface area (Å²) in [6, 6.07) is 8.22. The molecule has 2 saturated heterocycles. The van der Waals surface area contributed by atoms with E-state index in [1.165, 1.54) is 0 Å². The second-order valence-corrected chi connectivity index (χ2v) is 5.58. The second kappa shape index (κ2) is 4.94. The molecule has 1 aliphatic carbocycles. The highest BCUT2D eigenvalue weighted by Crippen LogP contribution is 2.45. The number of hydrogen-bond acceptors (Lipinski definition) is 4. The van der Waals surface area contributed by atoms with Crippen molar-refractivity contribution in [1.29, 1.82) is 0 Å². The summed E-state index contributed by atoms with van der Waals surface area (Å²) in [5.74, 6) is 0.465. The third kappa shape index (κ3) is 2.15. The average Bonchev–Trinajstić information content (AvgIpc) is 2.41. The number of ketones is 1. The summed E-state index contributed by atoms with van der Waals surface area (Å²) in [4.78, 5) is 14.4. The molecule has 0 aromatic heterocycles. The molecule has 1 saturated carbocycles. The predicted octanol–water partition coefficient (Wildman–Crippen LogP) is 1.36. The van der Waals surface area contributed by atoms with Crippen molar-refractivity contribution >= 4 is 11.5 Å². The molecule has 3 fully saturated rings. The minimum atomic E-state index is 0.0835. The Labute approximate surface area is 113 Å². The van der Waals surface area contributed by atoms with E-state index in [0.717, 1.165) is 24.1 Å². The number of benzene rings is 1. The lowest BCUT2D eigenvalue weighted by Crippen LogP contribution is -2.54. The molecule has 2 bridgehead atoms. The molecule has 3 atom stereocenters. The van der Waals surface area contributed by atoms with Crippen LogP contribution in [-0.4, -0.2) is 35.0 Å². The maximum atomic E-state index is 12.1. The Morgan fingerprint density at radius 1 is 1.26 bits per heavy atom. The van der Waals surface area contributed by atoms with E-state index in [2.05, 4.69) is 4.90 Å². The highest BCUT2D eigenvalue weighted by atomic mass is 16.3. The van der Waals surface area contributed by atoms with Crippen LogP contribution in [0, 0.1) is 5.92 Å². The topological polar surface area (TPSA) is 66.6 Å². The van der Waals surface area contributed by atoms with Gasteiger partial charge in [0, 0.05) is 36.7 Å². The number of nitrogens with zero attached hydrogens (tertiary/aromatic N) is 1. The van der Waals surface area contributed by atoms with Crippen LogP contribution in [0.3, 0.4) is 0 Å². The Kier molecular flexibility index (Phi) is 3.29. The van der Waals surface area contributed by atoms with E-state index in [1.54, 1.807) is 0 Å². The molecule has 2 heterocycles. The minimum absolute atomic E-state index is 0.0835. The van der Waals surface area contributed by atoms with Gasteiger partial charge in [-0.1, -0.05) is 12.1 Å². The van der Waals surface area contributed by atoms with E-state index in [0.29, 0.717) is 24.8 Å². The number of aliphatic hydroxyl groups is 1. The van der Waals surface area contributed by atoms with Gasteiger partial charge in [-0.2, -0.15) is 0 Å². The number of nitrogen functional groups attached to an aromatic ring is 1. The van der Waals surface area contributed by atoms with Gasteiger partial charge in [-0.3, -0.25) is 9.69 Å². The highest BCUT2D eigenvalue weighted by molar-refractivity contribution is 5.84. The van der Waals surface area contributed by atoms with Crippen LogP contribution in [0.25, 0.3) is 0 Å². The summed E-state index contributed by atoms with van der Waals surface area (Å²) in [5.41, 5.74) is 7.62. The van der Waals surface area contributed by atoms with Crippen molar-refractivity contribution in [2.24, 2.45) is 5.92 Å². The van der Waals surface area contributed by atoms with Crippen LogP contribution in [0.15, 0.2) is 24.3 Å². The molecule has 0 spiro atoms. The monoisotopic (exact) mass is 260 g/mol. The number of nitrogens with two attached hydrogens (primary N) is 1. The van der Waals surface area contributed by atoms with Gasteiger partial charge in [0.2, 0.25) is 0 Å². The number of carbonyl (C=O) groups is 1. The zero-order valence-corrected chi connectivity index (χ0v) is 11.0. The largest absolute Gasteiger partial charge is 0.399 e. The number of rotatable bonds is 3. The van der Waals surface area contributed by atoms with Crippen molar-refractivity contribution in [3.8, 4) is 0 Å². The number of Topliss-reactive ketones (excluding diaryl/α,β-unsaturated/α-hetero) is 1. The molecule has 19 heavy (non-hydrogen) atoms. The van der Waals surface area contributed by atoms with Crippen molar-refractivity contribution in [1.82, 2.24) is 4.90 Å². The van der Waals surface area contributed by atoms with E-state index >= 15 is 0 Å². The van der Waals surface area contributed by atoms with E-state index in [1.807, 2.05) is 24.3 Å². The Hall–Kier alpha value is -1.39. The number of piperidine rings is 2. The summed E-state index contributed by atoms with van der Waals surface area (Å²) < 4.78 is 0. The molecule has 3 unspecified atom stereocenters. The predicted molar refractivity (Wildman–Crippen MR) is 73.5 cm³/mol. The third-order valence-electron chi connectivity index (χ3n) is 4.50. The van der Waals surface area contributed by atoms with Crippen LogP contribution < -0.4 is 5.73 Å². The standard InChI is InChI=1S/C15H20N2O2/c16-11-3-1-10(2-4-11)15-13-6-5-12(9-14(13)19)17(15)7-8-18/h1-4,12-13,15,18H,5-9,16H2. The van der Waals surface area contributed by atoms with Crippen LogP contribution >= 0.6 is 0 Å². The molecule has 3 N–H and O–H groups in total. The summed E-state index contributed by atoms with van der Waals surface area (Å²) in [5, 5.41) is 9.27. The zero-order valence-electron chi connectivity index (χ0n) is 11.0. The second-order valence-electron chi connectivity index (χ2n) is 5.58. The first-order valence-corrected chi connectivity index (χ1v) is 6.95. The van der Waals surface area contributed by atoms with Crippen LogP contribution in [-0.2, 0) is 4.79 Å². The summed E-state index contributed by atoms with van der Waals surface area (Å²) >= 11 is 0. The Morgan fingerprint density at radius 2 is 2.00 bits per heavy atom. The molecule has 3 aliphatic rings. The van der Waals surface area contributed by atoms with Crippen LogP contribution in [0.2, 0.25) is 0 Å². The quantitative estimate of drug-likeness (QED) is 0.805. The van der Waals surface area contributed by atoms with Gasteiger partial charge in [-0.25, -0.2) is 0 Å². The number of hydrogen-bond donors (Lipinski definition) is 2. The maximum Gasteiger partial charge on any atom is 0.139 e. The summed E-state index contributed by atoms with van der Waals surface area (Å²) in [7, 11) is 0. The van der Waals surface area contributed by atoms with Gasteiger partial charge >= 0.3 is 0 Å². The Morgan fingerprint density at radius 3 is 2.63 bits per heavy atom. The van der Waals surface area contributed by atoms with E-state index in [-0.39, 0.29) is 18.6 Å². The molecule has 0 amide bonds. The zero-order chi connectivity index (χ0) is 13.4. The molecule has 4 nitrogen and oxygen atoms in total. The van der Waals surface area contributed by atoms with Gasteiger partial charge in [-0.05, 0) is 30.5 Å². The van der Waals surface area contributed by atoms with Crippen molar-refractivity contribution in [3.63, 3.8) is 0 Å². The fourth-order valence-corrected chi connectivity index (χ4v) is 3.65. The van der Waals surface area contributed by atoms with Crippen molar-refractivity contribution in [2.75, 3.05) is 18.9 Å². The van der Waals surface area contributed by atoms with Crippen molar-refractivity contribution in [3.05, 3.63) is 29.8 Å². The average molecular weight is 260 g/mol. The molecule has 1 aromatic carbocycles. The Balaban J connectivity index is 1.95. The molecule has 4 heteroatoms. The first-order chi connectivity index (χ1) is 9.20. The van der Waals surface area contributed by atoms with E-state index < -0.39 is 0 Å². The number of fused-ring (bicyclic) bond motifs is 3. The van der Waals surface area contributed by atoms with Gasteiger partial charge < -0.3 is 10.8 Å². The Bertz CT molecular complexity index is 472.